The van der Waals surface area contributed by atoms with E-state index in [1.807, 2.05) is 29.8 Å². The normalized spacial score (nSPS) is 20.4. The van der Waals surface area contributed by atoms with Gasteiger partial charge in [0.15, 0.2) is 0 Å². The summed E-state index contributed by atoms with van der Waals surface area (Å²) < 4.78 is 49.2. The molecule has 1 saturated carbocycles. The molecule has 1 amide bonds. The Morgan fingerprint density at radius 1 is 1.06 bits per heavy atom. The van der Waals surface area contributed by atoms with Gasteiger partial charge in [-0.25, -0.2) is 14.3 Å². The number of ether oxygens (including phenoxy) is 3. The van der Waals surface area contributed by atoms with Crippen molar-refractivity contribution in [2.45, 2.75) is 103 Å². The summed E-state index contributed by atoms with van der Waals surface area (Å²) in [5, 5.41) is 11.7. The van der Waals surface area contributed by atoms with Crippen LogP contribution < -0.4 is 9.46 Å². The fourth-order valence-electron chi connectivity index (χ4n) is 7.95. The van der Waals surface area contributed by atoms with Crippen molar-refractivity contribution in [3.63, 3.8) is 0 Å². The average molecular weight is 725 g/mol. The van der Waals surface area contributed by atoms with Gasteiger partial charge in [-0.3, -0.25) is 4.90 Å². The van der Waals surface area contributed by atoms with Crippen molar-refractivity contribution in [1.82, 2.24) is 18.5 Å². The zero-order chi connectivity index (χ0) is 36.5. The average Bonchev–Trinajstić information content (AvgIpc) is 3.64. The smallest absolute Gasteiger partial charge is 0.422 e. The molecule has 278 valence electrons. The van der Waals surface area contributed by atoms with Crippen LogP contribution in [0, 0.1) is 6.92 Å². The number of aromatic carboxylic acids is 1. The van der Waals surface area contributed by atoms with E-state index in [9.17, 15) is 23.1 Å². The largest absolute Gasteiger partial charge is 0.490 e. The topological polar surface area (TPSA) is 140 Å². The van der Waals surface area contributed by atoms with Crippen LogP contribution in [0.4, 0.5) is 4.79 Å². The number of amides is 1. The number of benzene rings is 2. The summed E-state index contributed by atoms with van der Waals surface area (Å²) in [7, 11) is -2.63. The lowest BCUT2D eigenvalue weighted by Crippen LogP contribution is -2.47. The molecule has 3 heterocycles. The summed E-state index contributed by atoms with van der Waals surface area (Å²) in [5.41, 5.74) is 4.03. The highest BCUT2D eigenvalue weighted by Gasteiger charge is 2.35. The molecule has 2 N–H and O–H groups in total. The van der Waals surface area contributed by atoms with Crippen molar-refractivity contribution in [3.05, 3.63) is 53.1 Å². The number of nitrogens with one attached hydrogen (secondary N) is 1. The summed E-state index contributed by atoms with van der Waals surface area (Å²) in [4.78, 5) is 27.2. The molecule has 0 spiro atoms. The highest BCUT2D eigenvalue weighted by Crippen LogP contribution is 2.48. The van der Waals surface area contributed by atoms with Crippen molar-refractivity contribution in [2.24, 2.45) is 0 Å². The van der Waals surface area contributed by atoms with Crippen LogP contribution in [0.15, 0.2) is 36.4 Å². The number of nitrogens with zero attached hydrogens (tertiary/aromatic N) is 3. The third-order valence-corrected chi connectivity index (χ3v) is 11.8. The van der Waals surface area contributed by atoms with E-state index in [1.54, 1.807) is 20.8 Å². The summed E-state index contributed by atoms with van der Waals surface area (Å²) >= 11 is 0. The van der Waals surface area contributed by atoms with E-state index in [0.717, 1.165) is 66.0 Å². The number of hydrogen-bond acceptors (Lipinski definition) is 8. The molecule has 3 aliphatic rings. The van der Waals surface area contributed by atoms with Gasteiger partial charge in [0.1, 0.15) is 24.1 Å². The summed E-state index contributed by atoms with van der Waals surface area (Å²) in [6, 6.07) is 12.2. The molecule has 3 aromatic rings. The van der Waals surface area contributed by atoms with Crippen LogP contribution in [0.2, 0.25) is 0 Å². The summed E-state index contributed by atoms with van der Waals surface area (Å²) in [5.74, 6) is -0.0886. The second-order valence-electron chi connectivity index (χ2n) is 15.2. The number of carbonyl (C=O) groups is 2. The lowest BCUT2D eigenvalue weighted by Gasteiger charge is -2.31. The third kappa shape index (κ3) is 8.21. The molecular weight excluding hydrogens is 673 g/mol. The van der Waals surface area contributed by atoms with Gasteiger partial charge in [0, 0.05) is 37.1 Å². The lowest BCUT2D eigenvalue weighted by molar-refractivity contribution is -0.0142. The molecule has 51 heavy (non-hydrogen) atoms. The van der Waals surface area contributed by atoms with E-state index < -0.39 is 27.9 Å². The minimum Gasteiger partial charge on any atom is -0.490 e. The van der Waals surface area contributed by atoms with Crippen molar-refractivity contribution in [1.29, 1.82) is 0 Å². The first-order valence-corrected chi connectivity index (χ1v) is 19.6. The Bertz CT molecular complexity index is 1860. The molecule has 13 heteroatoms. The third-order valence-electron chi connectivity index (χ3n) is 10.4. The fraction of sp³-hybridized carbons (Fsp3) is 0.579. The van der Waals surface area contributed by atoms with Crippen molar-refractivity contribution in [3.8, 4) is 17.0 Å². The Hall–Kier alpha value is -3.65. The number of likely N-dealkylation sites (N-methyl/N-ethyl adjacent to an activating group) is 1. The maximum Gasteiger partial charge on any atom is 0.422 e. The van der Waals surface area contributed by atoms with Gasteiger partial charge in [0.25, 0.3) is 0 Å². The van der Waals surface area contributed by atoms with E-state index in [1.165, 1.54) is 19.0 Å². The zero-order valence-corrected chi connectivity index (χ0v) is 31.3. The first-order chi connectivity index (χ1) is 24.2. The number of hydrogen-bond donors (Lipinski definition) is 2. The number of carboxylic acids is 1. The first-order valence-electron chi connectivity index (χ1n) is 18.2. The van der Waals surface area contributed by atoms with Crippen LogP contribution in [0.25, 0.3) is 22.2 Å². The second kappa shape index (κ2) is 15.1. The van der Waals surface area contributed by atoms with Gasteiger partial charge in [-0.15, -0.1) is 0 Å². The maximum absolute atomic E-state index is 12.8. The SMILES string of the molecule is Cc1ccc2c(c1C(=O)O)-c1c(C3CCCCC3)c3ccccc3n1C[C@H](OCC1CCCN1CCN(C)S(=O)(=O)NC(=O)OC(C)(C)C)CO2. The molecular formula is C38H52N4O8S. The van der Waals surface area contributed by atoms with Gasteiger partial charge >= 0.3 is 22.3 Å². The Labute approximate surface area is 301 Å². The highest BCUT2D eigenvalue weighted by atomic mass is 32.2. The molecule has 2 atom stereocenters. The number of fused-ring (bicyclic) bond motifs is 5. The Balaban J connectivity index is 1.23. The first kappa shape index (κ1) is 37.1. The Kier molecular flexibility index (Phi) is 11.0. The predicted octanol–water partition coefficient (Wildman–Crippen LogP) is 6.31. The van der Waals surface area contributed by atoms with E-state index in [4.69, 9.17) is 14.2 Å². The number of carboxylic acid groups (broad SMARTS) is 1. The van der Waals surface area contributed by atoms with Gasteiger partial charge in [0.05, 0.1) is 30.0 Å². The Morgan fingerprint density at radius 3 is 2.53 bits per heavy atom. The van der Waals surface area contributed by atoms with Crippen LogP contribution in [0.1, 0.15) is 93.1 Å². The number of carbonyl (C=O) groups excluding carboxylic acids is 1. The van der Waals surface area contributed by atoms with E-state index in [2.05, 4.69) is 27.7 Å². The summed E-state index contributed by atoms with van der Waals surface area (Å²) in [6.07, 6.45) is 6.20. The van der Waals surface area contributed by atoms with E-state index >= 15 is 0 Å². The van der Waals surface area contributed by atoms with Gasteiger partial charge < -0.3 is 23.9 Å². The van der Waals surface area contributed by atoms with Crippen LogP contribution in [-0.4, -0.2) is 97.0 Å². The van der Waals surface area contributed by atoms with Gasteiger partial charge in [-0.2, -0.15) is 12.7 Å². The van der Waals surface area contributed by atoms with Crippen LogP contribution >= 0.6 is 0 Å². The van der Waals surface area contributed by atoms with Crippen molar-refractivity contribution >= 4 is 33.2 Å². The number of para-hydroxylation sites is 1. The number of aromatic nitrogens is 1. The fourth-order valence-corrected chi connectivity index (χ4v) is 8.68. The molecule has 1 aromatic heterocycles. The molecule has 1 unspecified atom stereocenters. The molecule has 1 saturated heterocycles. The van der Waals surface area contributed by atoms with Crippen LogP contribution in [0.3, 0.4) is 0 Å². The second-order valence-corrected chi connectivity index (χ2v) is 17.0. The molecule has 2 fully saturated rings. The minimum atomic E-state index is -4.07. The monoisotopic (exact) mass is 724 g/mol. The van der Waals surface area contributed by atoms with Gasteiger partial charge in [-0.1, -0.05) is 43.5 Å². The number of rotatable bonds is 10. The van der Waals surface area contributed by atoms with Crippen molar-refractivity contribution < 1.29 is 37.3 Å². The molecule has 0 radical (unpaired) electrons. The van der Waals surface area contributed by atoms with Crippen LogP contribution in [0.5, 0.6) is 5.75 Å². The quantitative estimate of drug-likeness (QED) is 0.246. The Morgan fingerprint density at radius 2 is 1.80 bits per heavy atom. The molecule has 12 nitrogen and oxygen atoms in total. The predicted molar refractivity (Wildman–Crippen MR) is 196 cm³/mol. The summed E-state index contributed by atoms with van der Waals surface area (Å²) in [6.45, 7) is 9.52. The zero-order valence-electron chi connectivity index (χ0n) is 30.4. The van der Waals surface area contributed by atoms with Gasteiger partial charge in [-0.05, 0) is 89.1 Å². The number of aryl methyl sites for hydroxylation is 1. The van der Waals surface area contributed by atoms with Crippen LogP contribution in [-0.2, 0) is 26.2 Å². The molecule has 0 bridgehead atoms. The van der Waals surface area contributed by atoms with Crippen molar-refractivity contribution in [2.75, 3.05) is 39.9 Å². The number of likely N-dealkylation sites (tertiary alicyclic amines) is 1. The molecule has 6 rings (SSSR count). The maximum atomic E-state index is 12.8. The van der Waals surface area contributed by atoms with Gasteiger partial charge in [0.2, 0.25) is 0 Å². The minimum absolute atomic E-state index is 0.0811. The molecule has 2 aliphatic heterocycles. The lowest BCUT2D eigenvalue weighted by atomic mass is 9.81. The molecule has 1 aliphatic carbocycles. The molecule has 2 aromatic carbocycles. The highest BCUT2D eigenvalue weighted by molar-refractivity contribution is 7.87. The van der Waals surface area contributed by atoms with E-state index in [0.29, 0.717) is 42.5 Å². The van der Waals surface area contributed by atoms with E-state index in [-0.39, 0.29) is 30.9 Å². The standard InChI is InChI=1S/C38H52N4O8S/c1-25-17-18-31-34(32(25)36(43)44)35-33(26-12-7-6-8-13-26)29-15-9-10-16-30(29)42(35)22-28(24-49-31)48-23-27-14-11-19-41(27)21-20-40(5)51(46,47)39-37(45)50-38(2,3)4/h9-10,15-18,26-28H,6-8,11-14,19-24H2,1-5H3,(H,39,45)(H,43,44)/t27?,28-/m0/s1.